The lowest BCUT2D eigenvalue weighted by molar-refractivity contribution is -0.132. The smallest absolute Gasteiger partial charge is 0.248 e. The van der Waals surface area contributed by atoms with Crippen molar-refractivity contribution in [2.75, 3.05) is 16.9 Å². The first-order valence-electron chi connectivity index (χ1n) is 7.58. The van der Waals surface area contributed by atoms with Gasteiger partial charge < -0.3 is 10.2 Å². The first kappa shape index (κ1) is 17.3. The predicted molar refractivity (Wildman–Crippen MR) is 96.5 cm³/mol. The molecule has 0 aromatic heterocycles. The molecule has 1 aliphatic rings. The van der Waals surface area contributed by atoms with E-state index in [1.54, 1.807) is 28.8 Å². The number of carbonyl (C=O) groups is 2. The summed E-state index contributed by atoms with van der Waals surface area (Å²) in [5.74, 6) is 0.906. The summed E-state index contributed by atoms with van der Waals surface area (Å²) in [5, 5.41) is 2.92. The Bertz CT molecular complexity index is 652. The molecule has 2 rings (SSSR count). The number of allylic oxidation sites excluding steroid dienone is 3. The standard InChI is InChI=1S/C18H22N2O2S/c1-4-5-6-7-17(21)20-12-23-11-16(20)18(22)19-15-9-8-13(2)14(3)10-15/h4-10,16H,11-12H2,1-3H3,(H,19,22)/b5-4+,7-6+. The molecule has 0 bridgehead atoms. The van der Waals surface area contributed by atoms with Crippen LogP contribution in [0.15, 0.2) is 42.5 Å². The van der Waals surface area contributed by atoms with E-state index in [1.807, 2.05) is 45.0 Å². The Labute approximate surface area is 141 Å². The molecule has 122 valence electrons. The molecular weight excluding hydrogens is 308 g/mol. The molecule has 1 N–H and O–H groups in total. The first-order valence-corrected chi connectivity index (χ1v) is 8.74. The van der Waals surface area contributed by atoms with Crippen molar-refractivity contribution in [1.82, 2.24) is 4.90 Å². The van der Waals surface area contributed by atoms with Crippen molar-refractivity contribution in [3.63, 3.8) is 0 Å². The van der Waals surface area contributed by atoms with E-state index in [0.29, 0.717) is 11.6 Å². The Morgan fingerprint density at radius 2 is 2.04 bits per heavy atom. The first-order chi connectivity index (χ1) is 11.0. The van der Waals surface area contributed by atoms with Crippen LogP contribution in [-0.4, -0.2) is 34.4 Å². The summed E-state index contributed by atoms with van der Waals surface area (Å²) < 4.78 is 0. The third-order valence-corrected chi connectivity index (χ3v) is 4.80. The molecule has 2 amide bonds. The van der Waals surface area contributed by atoms with Crippen LogP contribution >= 0.6 is 11.8 Å². The Balaban J connectivity index is 2.05. The molecule has 23 heavy (non-hydrogen) atoms. The monoisotopic (exact) mass is 330 g/mol. The number of amides is 2. The van der Waals surface area contributed by atoms with Crippen LogP contribution in [0.2, 0.25) is 0 Å². The molecule has 1 unspecified atom stereocenters. The number of hydrogen-bond donors (Lipinski definition) is 1. The van der Waals surface area contributed by atoms with Gasteiger partial charge in [0.05, 0.1) is 5.88 Å². The average Bonchev–Trinajstić information content (AvgIpc) is 3.01. The quantitative estimate of drug-likeness (QED) is 0.681. The maximum absolute atomic E-state index is 12.5. The van der Waals surface area contributed by atoms with Crippen molar-refractivity contribution in [2.45, 2.75) is 26.8 Å². The highest BCUT2D eigenvalue weighted by atomic mass is 32.2. The second kappa shape index (κ2) is 8.02. The molecule has 1 atom stereocenters. The Morgan fingerprint density at radius 1 is 1.26 bits per heavy atom. The molecule has 0 saturated carbocycles. The molecule has 1 aromatic carbocycles. The van der Waals surface area contributed by atoms with Crippen molar-refractivity contribution in [3.05, 3.63) is 53.6 Å². The second-order valence-corrected chi connectivity index (χ2v) is 6.50. The van der Waals surface area contributed by atoms with Crippen LogP contribution < -0.4 is 5.32 Å². The van der Waals surface area contributed by atoms with E-state index in [-0.39, 0.29) is 11.8 Å². The fourth-order valence-electron chi connectivity index (χ4n) is 2.27. The van der Waals surface area contributed by atoms with E-state index in [0.717, 1.165) is 11.3 Å². The lowest BCUT2D eigenvalue weighted by Crippen LogP contribution is -2.43. The highest BCUT2D eigenvalue weighted by Gasteiger charge is 2.33. The Morgan fingerprint density at radius 3 is 2.74 bits per heavy atom. The Hall–Kier alpha value is -2.01. The molecule has 0 aliphatic carbocycles. The normalized spacial score (nSPS) is 18.0. The molecular formula is C18H22N2O2S. The summed E-state index contributed by atoms with van der Waals surface area (Å²) in [6, 6.07) is 5.40. The van der Waals surface area contributed by atoms with Crippen LogP contribution in [0.5, 0.6) is 0 Å². The third kappa shape index (κ3) is 4.48. The predicted octanol–water partition coefficient (Wildman–Crippen LogP) is 3.28. The number of aryl methyl sites for hydroxylation is 2. The van der Waals surface area contributed by atoms with E-state index in [2.05, 4.69) is 5.32 Å². The number of benzene rings is 1. The minimum Gasteiger partial charge on any atom is -0.324 e. The highest BCUT2D eigenvalue weighted by molar-refractivity contribution is 7.99. The van der Waals surface area contributed by atoms with Crippen molar-refractivity contribution in [1.29, 1.82) is 0 Å². The molecule has 5 heteroatoms. The summed E-state index contributed by atoms with van der Waals surface area (Å²) in [6.07, 6.45) is 6.85. The number of nitrogens with one attached hydrogen (secondary N) is 1. The van der Waals surface area contributed by atoms with Crippen LogP contribution in [0.25, 0.3) is 0 Å². The van der Waals surface area contributed by atoms with E-state index >= 15 is 0 Å². The van der Waals surface area contributed by atoms with Gasteiger partial charge in [0.25, 0.3) is 0 Å². The maximum atomic E-state index is 12.5. The SMILES string of the molecule is C/C=C/C=C/C(=O)N1CSCC1C(=O)Nc1ccc(C)c(C)c1. The third-order valence-electron chi connectivity index (χ3n) is 3.78. The largest absolute Gasteiger partial charge is 0.324 e. The topological polar surface area (TPSA) is 49.4 Å². The second-order valence-electron chi connectivity index (χ2n) is 5.50. The number of thioether (sulfide) groups is 1. The Kier molecular flexibility index (Phi) is 6.04. The van der Waals surface area contributed by atoms with E-state index in [9.17, 15) is 9.59 Å². The minimum absolute atomic E-state index is 0.131. The van der Waals surface area contributed by atoms with Gasteiger partial charge in [-0.15, -0.1) is 11.8 Å². The molecule has 0 spiro atoms. The van der Waals surface area contributed by atoms with Gasteiger partial charge >= 0.3 is 0 Å². The van der Waals surface area contributed by atoms with E-state index in [4.69, 9.17) is 0 Å². The molecule has 0 radical (unpaired) electrons. The van der Waals surface area contributed by atoms with Gasteiger partial charge in [0, 0.05) is 17.5 Å². The average molecular weight is 330 g/mol. The summed E-state index contributed by atoms with van der Waals surface area (Å²) >= 11 is 1.59. The lowest BCUT2D eigenvalue weighted by Gasteiger charge is -2.21. The van der Waals surface area contributed by atoms with Crippen LogP contribution in [-0.2, 0) is 9.59 Å². The molecule has 4 nitrogen and oxygen atoms in total. The van der Waals surface area contributed by atoms with Crippen LogP contribution in [0.3, 0.4) is 0 Å². The van der Waals surface area contributed by atoms with E-state index < -0.39 is 6.04 Å². The minimum atomic E-state index is -0.427. The van der Waals surface area contributed by atoms with Gasteiger partial charge in [0.1, 0.15) is 6.04 Å². The van der Waals surface area contributed by atoms with Crippen LogP contribution in [0.4, 0.5) is 5.69 Å². The molecule has 1 aliphatic heterocycles. The van der Waals surface area contributed by atoms with Gasteiger partial charge in [-0.05, 0) is 44.0 Å². The number of hydrogen-bond acceptors (Lipinski definition) is 3. The molecule has 1 saturated heterocycles. The van der Waals surface area contributed by atoms with E-state index in [1.165, 1.54) is 11.6 Å². The number of nitrogens with zero attached hydrogens (tertiary/aromatic N) is 1. The van der Waals surface area contributed by atoms with Gasteiger partial charge in [-0.25, -0.2) is 0 Å². The van der Waals surface area contributed by atoms with Gasteiger partial charge in [-0.2, -0.15) is 0 Å². The number of rotatable bonds is 4. The van der Waals surface area contributed by atoms with Gasteiger partial charge in [0.2, 0.25) is 11.8 Å². The summed E-state index contributed by atoms with van der Waals surface area (Å²) in [5.41, 5.74) is 3.09. The maximum Gasteiger partial charge on any atom is 0.248 e. The van der Waals surface area contributed by atoms with Crippen molar-refractivity contribution >= 4 is 29.3 Å². The zero-order valence-corrected chi connectivity index (χ0v) is 14.5. The zero-order chi connectivity index (χ0) is 16.8. The fraction of sp³-hybridized carbons (Fsp3) is 0.333. The van der Waals surface area contributed by atoms with Gasteiger partial charge in [-0.3, -0.25) is 9.59 Å². The highest BCUT2D eigenvalue weighted by Crippen LogP contribution is 2.23. The number of carbonyl (C=O) groups excluding carboxylic acids is 2. The van der Waals surface area contributed by atoms with Crippen LogP contribution in [0.1, 0.15) is 18.1 Å². The molecule has 1 fully saturated rings. The summed E-state index contributed by atoms with van der Waals surface area (Å²) in [6.45, 7) is 5.94. The van der Waals surface area contributed by atoms with Gasteiger partial charge in [-0.1, -0.05) is 24.3 Å². The van der Waals surface area contributed by atoms with Gasteiger partial charge in [0.15, 0.2) is 0 Å². The molecule has 1 aromatic rings. The van der Waals surface area contributed by atoms with Crippen molar-refractivity contribution in [3.8, 4) is 0 Å². The zero-order valence-electron chi connectivity index (χ0n) is 13.7. The summed E-state index contributed by atoms with van der Waals surface area (Å²) in [7, 11) is 0. The van der Waals surface area contributed by atoms with Crippen molar-refractivity contribution < 1.29 is 9.59 Å². The number of anilines is 1. The van der Waals surface area contributed by atoms with Crippen molar-refractivity contribution in [2.24, 2.45) is 0 Å². The fourth-order valence-corrected chi connectivity index (χ4v) is 3.43. The van der Waals surface area contributed by atoms with Crippen LogP contribution in [0, 0.1) is 13.8 Å². The lowest BCUT2D eigenvalue weighted by atomic mass is 10.1. The molecule has 1 heterocycles. The summed E-state index contributed by atoms with van der Waals surface area (Å²) in [4.78, 5) is 26.3.